The lowest BCUT2D eigenvalue weighted by molar-refractivity contribution is 0.247. The summed E-state index contributed by atoms with van der Waals surface area (Å²) in [5, 5.41) is 0. The van der Waals surface area contributed by atoms with Crippen molar-refractivity contribution < 1.29 is 0 Å². The lowest BCUT2D eigenvalue weighted by atomic mass is 10.2. The molecule has 0 spiro atoms. The molecule has 3 rings (SSSR count). The molecule has 3 heterocycles. The normalized spacial score (nSPS) is 17.5. The summed E-state index contributed by atoms with van der Waals surface area (Å²) in [4.78, 5) is 13.5. The first-order valence-corrected chi connectivity index (χ1v) is 7.63. The van der Waals surface area contributed by atoms with Gasteiger partial charge in [0.15, 0.2) is 0 Å². The second-order valence-electron chi connectivity index (χ2n) is 5.63. The van der Waals surface area contributed by atoms with Crippen molar-refractivity contribution in [1.82, 2.24) is 19.8 Å². The Morgan fingerprint density at radius 3 is 1.71 bits per heavy atom. The molecular weight excluding hydrogens is 260 g/mol. The van der Waals surface area contributed by atoms with Crippen LogP contribution in [-0.4, -0.2) is 45.9 Å². The fourth-order valence-electron chi connectivity index (χ4n) is 2.84. The van der Waals surface area contributed by atoms with Gasteiger partial charge in [-0.2, -0.15) is 0 Å². The molecule has 0 N–H and O–H groups in total. The van der Waals surface area contributed by atoms with E-state index in [1.54, 1.807) is 0 Å². The fraction of sp³-hybridized carbons (Fsp3) is 0.412. The van der Waals surface area contributed by atoms with Crippen molar-refractivity contribution in [2.75, 3.05) is 26.2 Å². The van der Waals surface area contributed by atoms with E-state index >= 15 is 0 Å². The molecule has 4 heteroatoms. The quantitative estimate of drug-likeness (QED) is 0.860. The fourth-order valence-corrected chi connectivity index (χ4v) is 2.84. The molecule has 1 aliphatic heterocycles. The number of pyridine rings is 2. The molecule has 0 aromatic carbocycles. The van der Waals surface area contributed by atoms with Crippen molar-refractivity contribution in [3.05, 3.63) is 60.2 Å². The molecule has 1 aliphatic rings. The van der Waals surface area contributed by atoms with E-state index in [0.29, 0.717) is 0 Å². The Morgan fingerprint density at radius 2 is 1.29 bits per heavy atom. The average Bonchev–Trinajstić information content (AvgIpc) is 2.75. The maximum absolute atomic E-state index is 4.20. The van der Waals surface area contributed by atoms with Crippen molar-refractivity contribution in [2.45, 2.75) is 19.5 Å². The first-order valence-electron chi connectivity index (χ1n) is 7.63. The van der Waals surface area contributed by atoms with Gasteiger partial charge < -0.3 is 0 Å². The Kier molecular flexibility index (Phi) is 4.92. The zero-order valence-corrected chi connectivity index (χ0v) is 12.4. The topological polar surface area (TPSA) is 32.3 Å². The molecular formula is C17H22N4. The summed E-state index contributed by atoms with van der Waals surface area (Å²) in [7, 11) is 0. The zero-order chi connectivity index (χ0) is 14.3. The Morgan fingerprint density at radius 1 is 0.762 bits per heavy atom. The van der Waals surface area contributed by atoms with E-state index in [9.17, 15) is 0 Å². The molecule has 0 aliphatic carbocycles. The number of rotatable bonds is 4. The van der Waals surface area contributed by atoms with Crippen LogP contribution < -0.4 is 0 Å². The van der Waals surface area contributed by atoms with Gasteiger partial charge in [0.1, 0.15) is 0 Å². The predicted molar refractivity (Wildman–Crippen MR) is 83.6 cm³/mol. The summed E-state index contributed by atoms with van der Waals surface area (Å²) in [6.45, 7) is 6.59. The molecule has 2 aromatic rings. The predicted octanol–water partition coefficient (Wildman–Crippen LogP) is 2.18. The summed E-state index contributed by atoms with van der Waals surface area (Å²) in [6, 6.07) is 8.35. The second-order valence-corrected chi connectivity index (χ2v) is 5.63. The van der Waals surface area contributed by atoms with E-state index in [2.05, 4.69) is 31.9 Å². The van der Waals surface area contributed by atoms with Gasteiger partial charge in [0.2, 0.25) is 0 Å². The van der Waals surface area contributed by atoms with Crippen molar-refractivity contribution in [1.29, 1.82) is 0 Å². The Labute approximate surface area is 126 Å². The van der Waals surface area contributed by atoms with Crippen molar-refractivity contribution in [3.8, 4) is 0 Å². The number of nitrogens with zero attached hydrogens (tertiary/aromatic N) is 4. The molecule has 0 unspecified atom stereocenters. The molecule has 21 heavy (non-hydrogen) atoms. The summed E-state index contributed by atoms with van der Waals surface area (Å²) in [5.41, 5.74) is 2.61. The van der Waals surface area contributed by atoms with Crippen molar-refractivity contribution in [2.24, 2.45) is 0 Å². The molecule has 1 saturated heterocycles. The summed E-state index contributed by atoms with van der Waals surface area (Å²) < 4.78 is 0. The highest BCUT2D eigenvalue weighted by atomic mass is 15.2. The van der Waals surface area contributed by atoms with Gasteiger partial charge in [-0.25, -0.2) is 0 Å². The zero-order valence-electron chi connectivity index (χ0n) is 12.4. The molecule has 0 amide bonds. The SMILES string of the molecule is c1cncc(CN2CCCN(Cc3cccnc3)CC2)c1. The Bertz CT molecular complexity index is 480. The van der Waals surface area contributed by atoms with Crippen LogP contribution in [0.2, 0.25) is 0 Å². The van der Waals surface area contributed by atoms with Crippen LogP contribution in [0.5, 0.6) is 0 Å². The maximum atomic E-state index is 4.20. The molecule has 4 nitrogen and oxygen atoms in total. The highest BCUT2D eigenvalue weighted by Gasteiger charge is 2.15. The first-order chi connectivity index (χ1) is 10.4. The van der Waals surface area contributed by atoms with Crippen LogP contribution in [0.15, 0.2) is 49.1 Å². The number of hydrogen-bond donors (Lipinski definition) is 0. The first kappa shape index (κ1) is 14.2. The number of aromatic nitrogens is 2. The molecule has 110 valence electrons. The number of hydrogen-bond acceptors (Lipinski definition) is 4. The molecule has 1 fully saturated rings. The van der Waals surface area contributed by atoms with Crippen molar-refractivity contribution in [3.63, 3.8) is 0 Å². The lowest BCUT2D eigenvalue weighted by Crippen LogP contribution is -2.30. The van der Waals surface area contributed by atoms with Crippen LogP contribution in [0, 0.1) is 0 Å². The van der Waals surface area contributed by atoms with Crippen LogP contribution in [0.1, 0.15) is 17.5 Å². The third-order valence-electron chi connectivity index (χ3n) is 3.94. The van der Waals surface area contributed by atoms with E-state index < -0.39 is 0 Å². The van der Waals surface area contributed by atoms with E-state index in [1.165, 1.54) is 30.6 Å². The highest BCUT2D eigenvalue weighted by molar-refractivity contribution is 5.09. The van der Waals surface area contributed by atoms with Crippen LogP contribution in [0.25, 0.3) is 0 Å². The Balaban J connectivity index is 1.52. The van der Waals surface area contributed by atoms with Gasteiger partial charge in [0.05, 0.1) is 0 Å². The van der Waals surface area contributed by atoms with Gasteiger partial charge in [0.25, 0.3) is 0 Å². The standard InChI is InChI=1S/C17H22N4/c1-4-16(12-18-6-1)14-20-8-3-9-21(11-10-20)15-17-5-2-7-19-13-17/h1-2,4-7,12-13H,3,8-11,14-15H2. The highest BCUT2D eigenvalue weighted by Crippen LogP contribution is 2.10. The van der Waals surface area contributed by atoms with Gasteiger partial charge in [-0.1, -0.05) is 12.1 Å². The van der Waals surface area contributed by atoms with Crippen LogP contribution in [-0.2, 0) is 13.1 Å². The molecule has 0 saturated carbocycles. The van der Waals surface area contributed by atoms with Crippen molar-refractivity contribution >= 4 is 0 Å². The third kappa shape index (κ3) is 4.34. The average molecular weight is 282 g/mol. The summed E-state index contributed by atoms with van der Waals surface area (Å²) >= 11 is 0. The smallest absolute Gasteiger partial charge is 0.0312 e. The van der Waals surface area contributed by atoms with Crippen LogP contribution >= 0.6 is 0 Å². The summed E-state index contributed by atoms with van der Waals surface area (Å²) in [6.07, 6.45) is 8.83. The monoisotopic (exact) mass is 282 g/mol. The van der Waals surface area contributed by atoms with E-state index in [1.807, 2.05) is 36.9 Å². The van der Waals surface area contributed by atoms with E-state index in [0.717, 1.165) is 26.2 Å². The minimum absolute atomic E-state index is 1.01. The lowest BCUT2D eigenvalue weighted by Gasteiger charge is -2.21. The third-order valence-corrected chi connectivity index (χ3v) is 3.94. The second kappa shape index (κ2) is 7.29. The largest absolute Gasteiger partial charge is 0.298 e. The molecule has 0 bridgehead atoms. The van der Waals surface area contributed by atoms with Gasteiger partial charge >= 0.3 is 0 Å². The van der Waals surface area contributed by atoms with Gasteiger partial charge in [-0.15, -0.1) is 0 Å². The van der Waals surface area contributed by atoms with E-state index in [4.69, 9.17) is 0 Å². The van der Waals surface area contributed by atoms with Crippen LogP contribution in [0.3, 0.4) is 0 Å². The Hall–Kier alpha value is -1.78. The van der Waals surface area contributed by atoms with Gasteiger partial charge in [-0.3, -0.25) is 19.8 Å². The van der Waals surface area contributed by atoms with E-state index in [-0.39, 0.29) is 0 Å². The maximum Gasteiger partial charge on any atom is 0.0312 e. The molecule has 2 aromatic heterocycles. The minimum Gasteiger partial charge on any atom is -0.298 e. The van der Waals surface area contributed by atoms with Gasteiger partial charge in [0, 0.05) is 51.0 Å². The van der Waals surface area contributed by atoms with Crippen LogP contribution in [0.4, 0.5) is 0 Å². The molecule has 0 radical (unpaired) electrons. The van der Waals surface area contributed by atoms with Gasteiger partial charge in [-0.05, 0) is 42.8 Å². The minimum atomic E-state index is 1.01. The summed E-state index contributed by atoms with van der Waals surface area (Å²) in [5.74, 6) is 0. The molecule has 0 atom stereocenters.